The van der Waals surface area contributed by atoms with Crippen LogP contribution in [-0.4, -0.2) is 48.3 Å². The molecule has 0 amide bonds. The molecule has 3 fully saturated rings. The minimum absolute atomic E-state index is 0.298. The quantitative estimate of drug-likeness (QED) is 0.849. The van der Waals surface area contributed by atoms with E-state index in [1.165, 1.54) is 51.5 Å². The maximum atomic E-state index is 6.47. The van der Waals surface area contributed by atoms with E-state index in [4.69, 9.17) is 4.74 Å². The SMILES string of the molecule is CCC1CN(CC2CCC3(CCCC3)O2)C(C)CN1. The summed E-state index contributed by atoms with van der Waals surface area (Å²) in [7, 11) is 0. The van der Waals surface area contributed by atoms with Crippen LogP contribution in [-0.2, 0) is 4.74 Å². The Morgan fingerprint density at radius 1 is 1.26 bits per heavy atom. The minimum Gasteiger partial charge on any atom is -0.370 e. The fourth-order valence-corrected chi connectivity index (χ4v) is 4.19. The first-order chi connectivity index (χ1) is 9.21. The summed E-state index contributed by atoms with van der Waals surface area (Å²) in [4.78, 5) is 2.66. The van der Waals surface area contributed by atoms with Crippen molar-refractivity contribution in [2.45, 2.75) is 82.6 Å². The standard InChI is InChI=1S/C16H30N2O/c1-3-14-11-18(13(2)10-17-14)12-15-6-9-16(19-15)7-4-5-8-16/h13-15,17H,3-12H2,1-2H3. The van der Waals surface area contributed by atoms with E-state index in [0.717, 1.165) is 13.1 Å². The van der Waals surface area contributed by atoms with Gasteiger partial charge in [0.15, 0.2) is 0 Å². The third kappa shape index (κ3) is 2.98. The molecule has 0 aromatic rings. The van der Waals surface area contributed by atoms with E-state index in [0.29, 0.717) is 23.8 Å². The van der Waals surface area contributed by atoms with E-state index in [1.54, 1.807) is 0 Å². The molecule has 0 aromatic heterocycles. The summed E-state index contributed by atoms with van der Waals surface area (Å²) in [6.07, 6.45) is 9.73. The molecule has 3 aliphatic rings. The van der Waals surface area contributed by atoms with Gasteiger partial charge in [0.1, 0.15) is 0 Å². The van der Waals surface area contributed by atoms with Crippen LogP contribution in [0.15, 0.2) is 0 Å². The van der Waals surface area contributed by atoms with Crippen LogP contribution in [0.5, 0.6) is 0 Å². The summed E-state index contributed by atoms with van der Waals surface area (Å²) in [6.45, 7) is 8.12. The Kier molecular flexibility index (Phi) is 4.16. The van der Waals surface area contributed by atoms with Crippen LogP contribution in [0.3, 0.4) is 0 Å². The lowest BCUT2D eigenvalue weighted by Gasteiger charge is -2.40. The van der Waals surface area contributed by atoms with E-state index in [2.05, 4.69) is 24.1 Å². The van der Waals surface area contributed by atoms with E-state index in [9.17, 15) is 0 Å². The number of hydrogen-bond acceptors (Lipinski definition) is 3. The fraction of sp³-hybridized carbons (Fsp3) is 1.00. The minimum atomic E-state index is 0.298. The van der Waals surface area contributed by atoms with Crippen molar-refractivity contribution in [3.8, 4) is 0 Å². The molecule has 110 valence electrons. The number of piperazine rings is 1. The summed E-state index contributed by atoms with van der Waals surface area (Å²) >= 11 is 0. The molecule has 2 saturated heterocycles. The van der Waals surface area contributed by atoms with Crippen LogP contribution in [0, 0.1) is 0 Å². The van der Waals surface area contributed by atoms with Crippen LogP contribution in [0.2, 0.25) is 0 Å². The van der Waals surface area contributed by atoms with Crippen molar-refractivity contribution < 1.29 is 4.74 Å². The molecule has 1 spiro atoms. The highest BCUT2D eigenvalue weighted by Crippen LogP contribution is 2.43. The molecule has 3 nitrogen and oxygen atoms in total. The second-order valence-corrected chi connectivity index (χ2v) is 6.98. The molecule has 0 bridgehead atoms. The van der Waals surface area contributed by atoms with E-state index < -0.39 is 0 Å². The molecule has 3 rings (SSSR count). The van der Waals surface area contributed by atoms with Crippen molar-refractivity contribution in [2.24, 2.45) is 0 Å². The van der Waals surface area contributed by atoms with Crippen molar-refractivity contribution in [2.75, 3.05) is 19.6 Å². The van der Waals surface area contributed by atoms with Crippen molar-refractivity contribution in [3.63, 3.8) is 0 Å². The maximum absolute atomic E-state index is 6.47. The maximum Gasteiger partial charge on any atom is 0.0710 e. The zero-order chi connectivity index (χ0) is 13.3. The van der Waals surface area contributed by atoms with Crippen molar-refractivity contribution in [3.05, 3.63) is 0 Å². The Morgan fingerprint density at radius 3 is 2.79 bits per heavy atom. The summed E-state index contributed by atoms with van der Waals surface area (Å²) < 4.78 is 6.47. The Hall–Kier alpha value is -0.120. The Morgan fingerprint density at radius 2 is 2.05 bits per heavy atom. The molecule has 1 N–H and O–H groups in total. The van der Waals surface area contributed by atoms with Gasteiger partial charge in [-0.2, -0.15) is 0 Å². The molecular formula is C16H30N2O. The Bertz CT molecular complexity index is 301. The normalized spacial score (nSPS) is 39.2. The molecule has 2 aliphatic heterocycles. The first-order valence-electron chi connectivity index (χ1n) is 8.36. The first-order valence-corrected chi connectivity index (χ1v) is 8.36. The van der Waals surface area contributed by atoms with Gasteiger partial charge in [0.05, 0.1) is 11.7 Å². The largest absolute Gasteiger partial charge is 0.370 e. The van der Waals surface area contributed by atoms with Gasteiger partial charge in [0.2, 0.25) is 0 Å². The highest BCUT2D eigenvalue weighted by Gasteiger charge is 2.42. The molecule has 3 heteroatoms. The van der Waals surface area contributed by atoms with Gasteiger partial charge in [0.25, 0.3) is 0 Å². The predicted octanol–water partition coefficient (Wildman–Crippen LogP) is 2.55. The molecule has 2 heterocycles. The predicted molar refractivity (Wildman–Crippen MR) is 78.4 cm³/mol. The summed E-state index contributed by atoms with van der Waals surface area (Å²) in [5.41, 5.74) is 0.298. The monoisotopic (exact) mass is 266 g/mol. The molecule has 3 atom stereocenters. The molecule has 19 heavy (non-hydrogen) atoms. The fourth-order valence-electron chi connectivity index (χ4n) is 4.19. The lowest BCUT2D eigenvalue weighted by Crippen LogP contribution is -2.56. The molecule has 0 radical (unpaired) electrons. The Balaban J connectivity index is 1.53. The van der Waals surface area contributed by atoms with Gasteiger partial charge in [-0.1, -0.05) is 19.8 Å². The van der Waals surface area contributed by atoms with Crippen molar-refractivity contribution in [1.29, 1.82) is 0 Å². The van der Waals surface area contributed by atoms with Crippen LogP contribution in [0.25, 0.3) is 0 Å². The Labute approximate surface area is 118 Å². The van der Waals surface area contributed by atoms with E-state index in [1.807, 2.05) is 0 Å². The number of ether oxygens (including phenoxy) is 1. The number of rotatable bonds is 3. The topological polar surface area (TPSA) is 24.5 Å². The first kappa shape index (κ1) is 13.8. The molecule has 0 aromatic carbocycles. The molecule has 3 unspecified atom stereocenters. The zero-order valence-electron chi connectivity index (χ0n) is 12.7. The molecular weight excluding hydrogens is 236 g/mol. The van der Waals surface area contributed by atoms with Gasteiger partial charge in [-0.15, -0.1) is 0 Å². The summed E-state index contributed by atoms with van der Waals surface area (Å²) in [5, 5.41) is 3.64. The van der Waals surface area contributed by atoms with E-state index in [-0.39, 0.29) is 0 Å². The van der Waals surface area contributed by atoms with Gasteiger partial charge < -0.3 is 10.1 Å². The number of nitrogens with one attached hydrogen (secondary N) is 1. The van der Waals surface area contributed by atoms with Gasteiger partial charge >= 0.3 is 0 Å². The average Bonchev–Trinajstić information content (AvgIpc) is 3.03. The van der Waals surface area contributed by atoms with Gasteiger partial charge in [-0.05, 0) is 39.0 Å². The van der Waals surface area contributed by atoms with Crippen LogP contribution < -0.4 is 5.32 Å². The smallest absolute Gasteiger partial charge is 0.0710 e. The van der Waals surface area contributed by atoms with Crippen LogP contribution >= 0.6 is 0 Å². The molecule has 1 aliphatic carbocycles. The van der Waals surface area contributed by atoms with Crippen LogP contribution in [0.4, 0.5) is 0 Å². The summed E-state index contributed by atoms with van der Waals surface area (Å²) in [5.74, 6) is 0. The van der Waals surface area contributed by atoms with Gasteiger partial charge in [-0.25, -0.2) is 0 Å². The lowest BCUT2D eigenvalue weighted by molar-refractivity contribution is -0.0540. The van der Waals surface area contributed by atoms with Gasteiger partial charge in [-0.3, -0.25) is 4.90 Å². The highest BCUT2D eigenvalue weighted by molar-refractivity contribution is 4.94. The molecule has 1 saturated carbocycles. The van der Waals surface area contributed by atoms with E-state index >= 15 is 0 Å². The van der Waals surface area contributed by atoms with Crippen molar-refractivity contribution >= 4 is 0 Å². The average molecular weight is 266 g/mol. The zero-order valence-corrected chi connectivity index (χ0v) is 12.7. The summed E-state index contributed by atoms with van der Waals surface area (Å²) in [6, 6.07) is 1.34. The van der Waals surface area contributed by atoms with Crippen molar-refractivity contribution in [1.82, 2.24) is 10.2 Å². The third-order valence-corrected chi connectivity index (χ3v) is 5.56. The van der Waals surface area contributed by atoms with Crippen LogP contribution in [0.1, 0.15) is 58.8 Å². The number of nitrogens with zero attached hydrogens (tertiary/aromatic N) is 1. The number of hydrogen-bond donors (Lipinski definition) is 1. The lowest BCUT2D eigenvalue weighted by atomic mass is 9.98. The van der Waals surface area contributed by atoms with Gasteiger partial charge in [0, 0.05) is 31.7 Å². The second-order valence-electron chi connectivity index (χ2n) is 6.98. The second kappa shape index (κ2) is 5.71. The highest BCUT2D eigenvalue weighted by atomic mass is 16.5. The third-order valence-electron chi connectivity index (χ3n) is 5.56.